The van der Waals surface area contributed by atoms with Crippen LogP contribution in [0.15, 0.2) is 18.2 Å². The van der Waals surface area contributed by atoms with Gasteiger partial charge in [-0.05, 0) is 12.5 Å². The number of hydrogen-bond donors (Lipinski definition) is 1. The van der Waals surface area contributed by atoms with Gasteiger partial charge in [0, 0.05) is 49.9 Å². The molecule has 0 amide bonds. The lowest BCUT2D eigenvalue weighted by Crippen LogP contribution is -2.45. The van der Waals surface area contributed by atoms with Gasteiger partial charge in [-0.1, -0.05) is 19.8 Å². The Balaban J connectivity index is 0.00000242. The van der Waals surface area contributed by atoms with Crippen molar-refractivity contribution >= 4 is 30.5 Å². The topological polar surface area (TPSA) is 58.4 Å². The maximum atomic E-state index is 14.2. The molecule has 0 bridgehead atoms. The monoisotopic (exact) mass is 367 g/mol. The lowest BCUT2D eigenvalue weighted by molar-refractivity contribution is -0.385. The standard InChI is InChI=1S/C15H22FN3O2.2ClH/c1-2-3-4-15(18-9-7-17-8-10-18)13-11-12(19(20)21)5-6-14(13)16;;/h5-6,11,15,17H,2-4,7-10H2,1H3;2*1H/t15-;;/m1../s1. The van der Waals surface area contributed by atoms with Crippen LogP contribution in [0.25, 0.3) is 0 Å². The van der Waals surface area contributed by atoms with E-state index in [1.807, 2.05) is 0 Å². The van der Waals surface area contributed by atoms with Gasteiger partial charge in [-0.3, -0.25) is 15.0 Å². The van der Waals surface area contributed by atoms with Crippen LogP contribution in [0.2, 0.25) is 0 Å². The van der Waals surface area contributed by atoms with Crippen molar-refractivity contribution in [2.45, 2.75) is 32.2 Å². The second-order valence-electron chi connectivity index (χ2n) is 5.41. The van der Waals surface area contributed by atoms with Crippen LogP contribution < -0.4 is 5.32 Å². The predicted molar refractivity (Wildman–Crippen MR) is 94.3 cm³/mol. The molecule has 23 heavy (non-hydrogen) atoms. The third kappa shape index (κ3) is 5.88. The number of halogens is 3. The summed E-state index contributed by atoms with van der Waals surface area (Å²) in [6.45, 7) is 5.53. The number of nitrogens with zero attached hydrogens (tertiary/aromatic N) is 2. The molecular weight excluding hydrogens is 344 g/mol. The number of hydrogen-bond acceptors (Lipinski definition) is 4. The van der Waals surface area contributed by atoms with Crippen molar-refractivity contribution in [3.63, 3.8) is 0 Å². The minimum absolute atomic E-state index is 0. The first-order chi connectivity index (χ1) is 10.1. The molecule has 0 saturated carbocycles. The Labute approximate surface area is 148 Å². The number of benzene rings is 1. The highest BCUT2D eigenvalue weighted by atomic mass is 35.5. The summed E-state index contributed by atoms with van der Waals surface area (Å²) in [5, 5.41) is 14.2. The molecule has 1 N–H and O–H groups in total. The number of non-ortho nitro benzene ring substituents is 1. The van der Waals surface area contributed by atoms with E-state index in [1.165, 1.54) is 18.2 Å². The number of unbranched alkanes of at least 4 members (excludes halogenated alkanes) is 1. The quantitative estimate of drug-likeness (QED) is 0.614. The second kappa shape index (κ2) is 10.8. The third-order valence-corrected chi connectivity index (χ3v) is 3.97. The summed E-state index contributed by atoms with van der Waals surface area (Å²) in [6.07, 6.45) is 2.84. The predicted octanol–water partition coefficient (Wildman–Crippen LogP) is 3.71. The van der Waals surface area contributed by atoms with Gasteiger partial charge in [0.1, 0.15) is 5.82 Å². The van der Waals surface area contributed by atoms with Crippen molar-refractivity contribution in [2.75, 3.05) is 26.2 Å². The third-order valence-electron chi connectivity index (χ3n) is 3.97. The van der Waals surface area contributed by atoms with E-state index in [9.17, 15) is 14.5 Å². The lowest BCUT2D eigenvalue weighted by Gasteiger charge is -2.35. The van der Waals surface area contributed by atoms with E-state index in [0.29, 0.717) is 5.56 Å². The number of nitro benzene ring substituents is 1. The van der Waals surface area contributed by atoms with Gasteiger partial charge in [-0.25, -0.2) is 4.39 Å². The van der Waals surface area contributed by atoms with E-state index in [4.69, 9.17) is 0 Å². The number of piperazine rings is 1. The number of nitrogens with one attached hydrogen (secondary N) is 1. The Morgan fingerprint density at radius 1 is 1.35 bits per heavy atom. The van der Waals surface area contributed by atoms with Crippen LogP contribution in [-0.2, 0) is 0 Å². The molecule has 0 aliphatic carbocycles. The van der Waals surface area contributed by atoms with Crippen LogP contribution in [0.1, 0.15) is 37.8 Å². The molecule has 132 valence electrons. The van der Waals surface area contributed by atoms with Crippen molar-refractivity contribution in [2.24, 2.45) is 0 Å². The van der Waals surface area contributed by atoms with Gasteiger partial charge in [-0.15, -0.1) is 24.8 Å². The molecule has 1 aliphatic heterocycles. The Morgan fingerprint density at radius 3 is 2.57 bits per heavy atom. The van der Waals surface area contributed by atoms with Crippen molar-refractivity contribution in [1.82, 2.24) is 10.2 Å². The molecule has 0 aromatic heterocycles. The van der Waals surface area contributed by atoms with Gasteiger partial charge in [-0.2, -0.15) is 0 Å². The molecule has 1 aliphatic rings. The van der Waals surface area contributed by atoms with Crippen molar-refractivity contribution in [3.05, 3.63) is 39.7 Å². The maximum Gasteiger partial charge on any atom is 0.269 e. The maximum absolute atomic E-state index is 14.2. The second-order valence-corrected chi connectivity index (χ2v) is 5.41. The molecule has 1 aromatic carbocycles. The zero-order valence-corrected chi connectivity index (χ0v) is 14.8. The molecule has 8 heteroatoms. The summed E-state index contributed by atoms with van der Waals surface area (Å²) >= 11 is 0. The molecule has 1 heterocycles. The van der Waals surface area contributed by atoms with E-state index in [1.54, 1.807) is 0 Å². The minimum atomic E-state index is -0.461. The Hall–Kier alpha value is -0.950. The summed E-state index contributed by atoms with van der Waals surface area (Å²) < 4.78 is 14.2. The highest BCUT2D eigenvalue weighted by molar-refractivity contribution is 5.85. The molecule has 1 saturated heterocycles. The SMILES string of the molecule is CCCC[C@H](c1cc([N+](=O)[O-])ccc1F)N1CCNCC1.Cl.Cl. The van der Waals surface area contributed by atoms with Gasteiger partial charge in [0.25, 0.3) is 5.69 Å². The summed E-state index contributed by atoms with van der Waals surface area (Å²) in [6, 6.07) is 3.77. The van der Waals surface area contributed by atoms with Gasteiger partial charge in [0.15, 0.2) is 0 Å². The van der Waals surface area contributed by atoms with Crippen LogP contribution >= 0.6 is 24.8 Å². The van der Waals surface area contributed by atoms with Crippen molar-refractivity contribution in [3.8, 4) is 0 Å². The van der Waals surface area contributed by atoms with Crippen LogP contribution in [-0.4, -0.2) is 36.0 Å². The zero-order chi connectivity index (χ0) is 15.2. The fourth-order valence-corrected chi connectivity index (χ4v) is 2.83. The first-order valence-electron chi connectivity index (χ1n) is 7.52. The van der Waals surface area contributed by atoms with Gasteiger partial charge < -0.3 is 5.32 Å². The molecule has 0 unspecified atom stereocenters. The van der Waals surface area contributed by atoms with Gasteiger partial charge >= 0.3 is 0 Å². The van der Waals surface area contributed by atoms with Gasteiger partial charge in [0.2, 0.25) is 0 Å². The van der Waals surface area contributed by atoms with Crippen LogP contribution in [0.4, 0.5) is 10.1 Å². The molecule has 1 fully saturated rings. The summed E-state index contributed by atoms with van der Waals surface area (Å²) in [7, 11) is 0. The lowest BCUT2D eigenvalue weighted by atomic mass is 9.97. The molecule has 1 aromatic rings. The van der Waals surface area contributed by atoms with Crippen molar-refractivity contribution in [1.29, 1.82) is 0 Å². The Bertz CT molecular complexity index is 500. The van der Waals surface area contributed by atoms with Crippen LogP contribution in [0.5, 0.6) is 0 Å². The van der Waals surface area contributed by atoms with Crippen LogP contribution in [0.3, 0.4) is 0 Å². The van der Waals surface area contributed by atoms with Gasteiger partial charge in [0.05, 0.1) is 4.92 Å². The highest BCUT2D eigenvalue weighted by Crippen LogP contribution is 2.31. The first-order valence-corrected chi connectivity index (χ1v) is 7.52. The average Bonchev–Trinajstić information content (AvgIpc) is 2.50. The van der Waals surface area contributed by atoms with E-state index >= 15 is 0 Å². The smallest absolute Gasteiger partial charge is 0.269 e. The highest BCUT2D eigenvalue weighted by Gasteiger charge is 2.25. The van der Waals surface area contributed by atoms with E-state index < -0.39 is 4.92 Å². The molecule has 5 nitrogen and oxygen atoms in total. The number of nitro groups is 1. The summed E-state index contributed by atoms with van der Waals surface area (Å²) in [5.74, 6) is -0.347. The van der Waals surface area contributed by atoms with E-state index in [-0.39, 0.29) is 42.4 Å². The molecule has 0 radical (unpaired) electrons. The molecule has 2 rings (SSSR count). The summed E-state index contributed by atoms with van der Waals surface area (Å²) in [5.41, 5.74) is 0.419. The fraction of sp³-hybridized carbons (Fsp3) is 0.600. The largest absolute Gasteiger partial charge is 0.314 e. The minimum Gasteiger partial charge on any atom is -0.314 e. The average molecular weight is 368 g/mol. The normalized spacial score (nSPS) is 16.1. The van der Waals surface area contributed by atoms with E-state index in [2.05, 4.69) is 17.1 Å². The first kappa shape index (κ1) is 22.1. The van der Waals surface area contributed by atoms with Crippen LogP contribution in [0, 0.1) is 15.9 Å². The summed E-state index contributed by atoms with van der Waals surface area (Å²) in [4.78, 5) is 12.7. The fourth-order valence-electron chi connectivity index (χ4n) is 2.83. The number of rotatable bonds is 6. The molecular formula is C15H24Cl2FN3O2. The Morgan fingerprint density at radius 2 is 2.00 bits per heavy atom. The van der Waals surface area contributed by atoms with Crippen molar-refractivity contribution < 1.29 is 9.31 Å². The zero-order valence-electron chi connectivity index (χ0n) is 13.2. The Kier molecular flexibility index (Phi) is 10.3. The molecule has 1 atom stereocenters. The molecule has 0 spiro atoms. The van der Waals surface area contributed by atoms with E-state index in [0.717, 1.165) is 45.4 Å².